The lowest BCUT2D eigenvalue weighted by Gasteiger charge is -2.24. The zero-order valence-electron chi connectivity index (χ0n) is 10.2. The predicted octanol–water partition coefficient (Wildman–Crippen LogP) is 1.44. The lowest BCUT2D eigenvalue weighted by molar-refractivity contribution is 0.0905. The van der Waals surface area contributed by atoms with Crippen LogP contribution >= 0.6 is 0 Å². The van der Waals surface area contributed by atoms with Gasteiger partial charge in [-0.05, 0) is 20.3 Å². The molecule has 0 aromatic carbocycles. The average Bonchev–Trinajstić information content (AvgIpc) is 2.28. The smallest absolute Gasteiger partial charge is 0.271 e. The van der Waals surface area contributed by atoms with Gasteiger partial charge in [0, 0.05) is 12.6 Å². The highest BCUT2D eigenvalue weighted by molar-refractivity contribution is 5.92. The van der Waals surface area contributed by atoms with Crippen LogP contribution in [0, 0.1) is 0 Å². The van der Waals surface area contributed by atoms with E-state index in [1.165, 1.54) is 12.4 Å². The molecule has 88 valence electrons. The van der Waals surface area contributed by atoms with Gasteiger partial charge in [-0.25, -0.2) is 9.97 Å². The van der Waals surface area contributed by atoms with E-state index >= 15 is 0 Å². The van der Waals surface area contributed by atoms with Gasteiger partial charge >= 0.3 is 0 Å². The van der Waals surface area contributed by atoms with E-state index in [1.54, 1.807) is 7.05 Å². The van der Waals surface area contributed by atoms with Crippen LogP contribution in [-0.4, -0.2) is 28.5 Å². The van der Waals surface area contributed by atoms with Gasteiger partial charge in [0.1, 0.15) is 11.5 Å². The summed E-state index contributed by atoms with van der Waals surface area (Å²) < 4.78 is 0. The molecule has 0 fully saturated rings. The normalized spacial score (nSPS) is 11.0. The molecular formula is C11H18N4O. The Kier molecular flexibility index (Phi) is 3.82. The van der Waals surface area contributed by atoms with Gasteiger partial charge in [0.15, 0.2) is 0 Å². The summed E-state index contributed by atoms with van der Waals surface area (Å²) >= 11 is 0. The van der Waals surface area contributed by atoms with E-state index in [9.17, 15) is 4.79 Å². The number of hydrogen-bond donors (Lipinski definition) is 2. The van der Waals surface area contributed by atoms with Gasteiger partial charge in [-0.1, -0.05) is 6.92 Å². The van der Waals surface area contributed by atoms with Crippen molar-refractivity contribution >= 4 is 11.7 Å². The van der Waals surface area contributed by atoms with Crippen molar-refractivity contribution in [1.82, 2.24) is 15.3 Å². The molecule has 1 aromatic heterocycles. The van der Waals surface area contributed by atoms with Gasteiger partial charge in [-0.3, -0.25) is 4.79 Å². The van der Waals surface area contributed by atoms with Gasteiger partial charge in [-0.2, -0.15) is 0 Å². The van der Waals surface area contributed by atoms with Gasteiger partial charge in [-0.15, -0.1) is 0 Å². The summed E-state index contributed by atoms with van der Waals surface area (Å²) in [5.41, 5.74) is 0.112. The molecule has 16 heavy (non-hydrogen) atoms. The Balaban J connectivity index is 2.73. The van der Waals surface area contributed by atoms with Crippen LogP contribution in [0.1, 0.15) is 37.7 Å². The molecule has 0 unspecified atom stereocenters. The van der Waals surface area contributed by atoms with Gasteiger partial charge < -0.3 is 10.6 Å². The molecule has 1 rings (SSSR count). The molecule has 0 spiro atoms. The minimum atomic E-state index is -0.222. The van der Waals surface area contributed by atoms with Gasteiger partial charge in [0.05, 0.1) is 12.4 Å². The second-order valence-electron chi connectivity index (χ2n) is 4.23. The molecular weight excluding hydrogens is 204 g/mol. The lowest BCUT2D eigenvalue weighted by Crippen LogP contribution is -2.43. The Bertz CT molecular complexity index is 359. The first kappa shape index (κ1) is 12.4. The Morgan fingerprint density at radius 1 is 1.38 bits per heavy atom. The second kappa shape index (κ2) is 4.92. The first-order valence-electron chi connectivity index (χ1n) is 5.31. The highest BCUT2D eigenvalue weighted by atomic mass is 16.2. The highest BCUT2D eigenvalue weighted by Crippen LogP contribution is 2.08. The number of anilines is 1. The van der Waals surface area contributed by atoms with Crippen molar-refractivity contribution in [3.63, 3.8) is 0 Å². The third-order valence-corrected chi connectivity index (χ3v) is 2.48. The van der Waals surface area contributed by atoms with E-state index in [1.807, 2.05) is 20.8 Å². The molecule has 0 saturated carbocycles. The van der Waals surface area contributed by atoms with Crippen molar-refractivity contribution in [2.75, 3.05) is 12.4 Å². The fourth-order valence-electron chi connectivity index (χ4n) is 1.03. The Morgan fingerprint density at radius 2 is 2.06 bits per heavy atom. The van der Waals surface area contributed by atoms with Gasteiger partial charge in [0.25, 0.3) is 5.91 Å². The highest BCUT2D eigenvalue weighted by Gasteiger charge is 2.19. The number of carbonyl (C=O) groups excluding carboxylic acids is 1. The molecule has 5 nitrogen and oxygen atoms in total. The monoisotopic (exact) mass is 222 g/mol. The fourth-order valence-corrected chi connectivity index (χ4v) is 1.03. The first-order valence-corrected chi connectivity index (χ1v) is 5.31. The number of nitrogens with zero attached hydrogens (tertiary/aromatic N) is 2. The van der Waals surface area contributed by atoms with E-state index in [4.69, 9.17) is 0 Å². The van der Waals surface area contributed by atoms with Crippen LogP contribution < -0.4 is 10.6 Å². The van der Waals surface area contributed by atoms with Crippen molar-refractivity contribution < 1.29 is 4.79 Å². The minimum Gasteiger partial charge on any atom is -0.372 e. The molecule has 5 heteroatoms. The van der Waals surface area contributed by atoms with Crippen LogP contribution in [0.15, 0.2) is 12.4 Å². The van der Waals surface area contributed by atoms with Crippen LogP contribution in [0.25, 0.3) is 0 Å². The van der Waals surface area contributed by atoms with Gasteiger partial charge in [0.2, 0.25) is 0 Å². The van der Waals surface area contributed by atoms with Crippen molar-refractivity contribution in [2.45, 2.75) is 32.7 Å². The first-order chi connectivity index (χ1) is 7.48. The SMILES string of the molecule is CCC(C)(C)NC(=O)c1cnc(NC)cn1. The second-order valence-corrected chi connectivity index (χ2v) is 4.23. The maximum atomic E-state index is 11.8. The Labute approximate surface area is 95.7 Å². The summed E-state index contributed by atoms with van der Waals surface area (Å²) in [5, 5.41) is 5.75. The van der Waals surface area contributed by atoms with Crippen LogP contribution in [0.2, 0.25) is 0 Å². The molecule has 2 N–H and O–H groups in total. The average molecular weight is 222 g/mol. The summed E-state index contributed by atoms with van der Waals surface area (Å²) in [6.07, 6.45) is 3.86. The van der Waals surface area contributed by atoms with Crippen LogP contribution in [0.4, 0.5) is 5.82 Å². The summed E-state index contributed by atoms with van der Waals surface area (Å²) in [4.78, 5) is 19.9. The van der Waals surface area contributed by atoms with Crippen molar-refractivity contribution in [2.24, 2.45) is 0 Å². The van der Waals surface area contributed by atoms with Crippen molar-refractivity contribution in [1.29, 1.82) is 0 Å². The molecule has 0 saturated heterocycles. The fraction of sp³-hybridized carbons (Fsp3) is 0.545. The van der Waals surface area contributed by atoms with Crippen molar-refractivity contribution in [3.05, 3.63) is 18.1 Å². The number of carbonyl (C=O) groups is 1. The molecule has 0 radical (unpaired) electrons. The van der Waals surface area contributed by atoms with Crippen LogP contribution in [0.5, 0.6) is 0 Å². The zero-order chi connectivity index (χ0) is 12.2. The Hall–Kier alpha value is -1.65. The van der Waals surface area contributed by atoms with Crippen LogP contribution in [0.3, 0.4) is 0 Å². The van der Waals surface area contributed by atoms with E-state index in [-0.39, 0.29) is 11.4 Å². The maximum Gasteiger partial charge on any atom is 0.271 e. The molecule has 0 atom stereocenters. The Morgan fingerprint density at radius 3 is 2.50 bits per heavy atom. The molecule has 1 aromatic rings. The third-order valence-electron chi connectivity index (χ3n) is 2.48. The number of aromatic nitrogens is 2. The molecule has 1 heterocycles. The van der Waals surface area contributed by atoms with Crippen molar-refractivity contribution in [3.8, 4) is 0 Å². The van der Waals surface area contributed by atoms with E-state index in [0.29, 0.717) is 11.5 Å². The van der Waals surface area contributed by atoms with Crippen LogP contribution in [-0.2, 0) is 0 Å². The number of hydrogen-bond acceptors (Lipinski definition) is 4. The molecule has 0 bridgehead atoms. The van der Waals surface area contributed by atoms with E-state index < -0.39 is 0 Å². The largest absolute Gasteiger partial charge is 0.372 e. The summed E-state index contributed by atoms with van der Waals surface area (Å²) in [7, 11) is 1.75. The standard InChI is InChI=1S/C11H18N4O/c1-5-11(2,3)15-10(16)8-6-14-9(12-4)7-13-8/h6-7H,5H2,1-4H3,(H,12,14)(H,15,16). The molecule has 1 amide bonds. The topological polar surface area (TPSA) is 66.9 Å². The quantitative estimate of drug-likeness (QED) is 0.809. The maximum absolute atomic E-state index is 11.8. The summed E-state index contributed by atoms with van der Waals surface area (Å²) in [6, 6.07) is 0. The van der Waals surface area contributed by atoms with E-state index in [2.05, 4.69) is 20.6 Å². The number of nitrogens with one attached hydrogen (secondary N) is 2. The summed E-state index contributed by atoms with van der Waals surface area (Å²) in [5.74, 6) is 0.452. The minimum absolute atomic E-state index is 0.193. The number of rotatable bonds is 4. The third kappa shape index (κ3) is 3.18. The molecule has 0 aliphatic rings. The molecule has 0 aliphatic carbocycles. The molecule has 0 aliphatic heterocycles. The lowest BCUT2D eigenvalue weighted by atomic mass is 10.0. The van der Waals surface area contributed by atoms with E-state index in [0.717, 1.165) is 6.42 Å². The summed E-state index contributed by atoms with van der Waals surface area (Å²) in [6.45, 7) is 5.97. The zero-order valence-corrected chi connectivity index (χ0v) is 10.2. The predicted molar refractivity (Wildman–Crippen MR) is 63.4 cm³/mol. The number of amides is 1.